The third kappa shape index (κ3) is 1.91. The second-order valence-electron chi connectivity index (χ2n) is 3.98. The highest BCUT2D eigenvalue weighted by atomic mass is 16.4. The molecule has 1 aromatic carbocycles. The van der Waals surface area contributed by atoms with Gasteiger partial charge in [0.1, 0.15) is 0 Å². The molecule has 0 bridgehead atoms. The monoisotopic (exact) mass is 232 g/mol. The van der Waals surface area contributed by atoms with Gasteiger partial charge >= 0.3 is 5.97 Å². The summed E-state index contributed by atoms with van der Waals surface area (Å²) in [6.07, 6.45) is 2.02. The predicted molar refractivity (Wildman–Crippen MR) is 67.3 cm³/mol. The number of hydrogen-bond donors (Lipinski definition) is 2. The minimum absolute atomic E-state index is 0.375. The van der Waals surface area contributed by atoms with Crippen LogP contribution in [-0.2, 0) is 13.1 Å². The van der Waals surface area contributed by atoms with Crippen molar-refractivity contribution < 1.29 is 9.90 Å². The van der Waals surface area contributed by atoms with Gasteiger partial charge in [-0.25, -0.2) is 4.79 Å². The molecule has 0 aliphatic carbocycles. The Hall–Kier alpha value is -1.81. The maximum absolute atomic E-state index is 11.2. The molecule has 4 nitrogen and oxygen atoms in total. The van der Waals surface area contributed by atoms with Gasteiger partial charge in [-0.05, 0) is 31.7 Å². The molecule has 1 aromatic heterocycles. The zero-order valence-electron chi connectivity index (χ0n) is 10.0. The molecule has 0 aliphatic heterocycles. The van der Waals surface area contributed by atoms with Gasteiger partial charge in [0.2, 0.25) is 0 Å². The first-order valence-corrected chi connectivity index (χ1v) is 5.67. The number of carbonyl (C=O) groups is 1. The molecule has 17 heavy (non-hydrogen) atoms. The van der Waals surface area contributed by atoms with Crippen molar-refractivity contribution in [3.8, 4) is 0 Å². The summed E-state index contributed by atoms with van der Waals surface area (Å²) in [5.41, 5.74) is 2.39. The number of carboxylic acids is 1. The average Bonchev–Trinajstić information content (AvgIpc) is 2.68. The molecule has 2 N–H and O–H groups in total. The van der Waals surface area contributed by atoms with Gasteiger partial charge in [0.05, 0.1) is 5.56 Å². The first-order valence-electron chi connectivity index (χ1n) is 5.67. The molecule has 0 unspecified atom stereocenters. The summed E-state index contributed by atoms with van der Waals surface area (Å²) >= 11 is 0. The summed E-state index contributed by atoms with van der Waals surface area (Å²) in [6, 6.07) is 5.41. The Morgan fingerprint density at radius 2 is 2.24 bits per heavy atom. The van der Waals surface area contributed by atoms with Crippen LogP contribution < -0.4 is 5.32 Å². The van der Waals surface area contributed by atoms with Gasteiger partial charge in [-0.15, -0.1) is 0 Å². The van der Waals surface area contributed by atoms with Crippen LogP contribution in [0.5, 0.6) is 0 Å². The Kier molecular flexibility index (Phi) is 3.15. The quantitative estimate of drug-likeness (QED) is 0.848. The molecule has 0 atom stereocenters. The lowest BCUT2D eigenvalue weighted by Gasteiger charge is -2.02. The molecule has 2 rings (SSSR count). The van der Waals surface area contributed by atoms with E-state index in [-0.39, 0.29) is 0 Å². The average molecular weight is 232 g/mol. The van der Waals surface area contributed by atoms with Crippen molar-refractivity contribution in [1.29, 1.82) is 0 Å². The smallest absolute Gasteiger partial charge is 0.336 e. The molecule has 0 aliphatic rings. The van der Waals surface area contributed by atoms with Crippen LogP contribution in [0.15, 0.2) is 24.4 Å². The fourth-order valence-corrected chi connectivity index (χ4v) is 2.20. The van der Waals surface area contributed by atoms with Crippen LogP contribution in [0, 0.1) is 0 Å². The van der Waals surface area contributed by atoms with Crippen LogP contribution in [0.25, 0.3) is 10.9 Å². The van der Waals surface area contributed by atoms with E-state index in [1.54, 1.807) is 12.1 Å². The minimum atomic E-state index is -0.873. The molecule has 0 spiro atoms. The maximum atomic E-state index is 11.2. The third-order valence-corrected chi connectivity index (χ3v) is 2.92. The van der Waals surface area contributed by atoms with Crippen LogP contribution in [0.1, 0.15) is 22.8 Å². The van der Waals surface area contributed by atoms with E-state index in [4.69, 9.17) is 0 Å². The number of carboxylic acid groups (broad SMARTS) is 1. The fourth-order valence-electron chi connectivity index (χ4n) is 2.20. The van der Waals surface area contributed by atoms with Gasteiger partial charge in [0.25, 0.3) is 0 Å². The molecule has 90 valence electrons. The van der Waals surface area contributed by atoms with Crippen LogP contribution in [0.2, 0.25) is 0 Å². The molecular formula is C13H16N2O2. The Labute approximate surface area is 99.9 Å². The van der Waals surface area contributed by atoms with Crippen molar-refractivity contribution >= 4 is 16.9 Å². The summed E-state index contributed by atoms with van der Waals surface area (Å²) in [6.45, 7) is 3.56. The third-order valence-electron chi connectivity index (χ3n) is 2.92. The Morgan fingerprint density at radius 3 is 2.82 bits per heavy atom. The van der Waals surface area contributed by atoms with Gasteiger partial charge in [-0.1, -0.05) is 6.07 Å². The molecule has 0 amide bonds. The molecule has 0 radical (unpaired) electrons. The van der Waals surface area contributed by atoms with Crippen molar-refractivity contribution in [3.05, 3.63) is 35.5 Å². The molecule has 1 heterocycles. The normalized spacial score (nSPS) is 10.9. The van der Waals surface area contributed by atoms with Gasteiger partial charge in [0, 0.05) is 30.2 Å². The lowest BCUT2D eigenvalue weighted by atomic mass is 10.1. The SMILES string of the molecule is CCn1cc(CNC)c2c(C(=O)O)cccc21. The molecule has 0 saturated carbocycles. The van der Waals surface area contributed by atoms with Crippen molar-refractivity contribution in [3.63, 3.8) is 0 Å². The van der Waals surface area contributed by atoms with Gasteiger partial charge < -0.3 is 15.0 Å². The second kappa shape index (κ2) is 4.59. The highest BCUT2D eigenvalue weighted by Crippen LogP contribution is 2.25. The molecule has 2 aromatic rings. The fraction of sp³-hybridized carbons (Fsp3) is 0.308. The maximum Gasteiger partial charge on any atom is 0.336 e. The summed E-state index contributed by atoms with van der Waals surface area (Å²) in [5.74, 6) is -0.873. The van der Waals surface area contributed by atoms with E-state index in [1.165, 1.54) is 0 Å². The zero-order valence-corrected chi connectivity index (χ0v) is 10.0. The largest absolute Gasteiger partial charge is 0.478 e. The van der Waals surface area contributed by atoms with E-state index in [2.05, 4.69) is 16.8 Å². The minimum Gasteiger partial charge on any atom is -0.478 e. The molecule has 4 heteroatoms. The standard InChI is InChI=1S/C13H16N2O2/c1-3-15-8-9(7-14-2)12-10(13(16)17)5-4-6-11(12)15/h4-6,8,14H,3,7H2,1-2H3,(H,16,17). The number of aromatic nitrogens is 1. The van der Waals surface area contributed by atoms with E-state index in [0.717, 1.165) is 23.0 Å². The number of aromatic carboxylic acids is 1. The lowest BCUT2D eigenvalue weighted by Crippen LogP contribution is -2.06. The molecular weight excluding hydrogens is 216 g/mol. The highest BCUT2D eigenvalue weighted by molar-refractivity contribution is 6.04. The zero-order chi connectivity index (χ0) is 12.4. The first kappa shape index (κ1) is 11.7. The van der Waals surface area contributed by atoms with Crippen LogP contribution in [0.4, 0.5) is 0 Å². The molecule has 0 fully saturated rings. The van der Waals surface area contributed by atoms with E-state index in [9.17, 15) is 9.90 Å². The molecule has 0 saturated heterocycles. The van der Waals surface area contributed by atoms with E-state index in [0.29, 0.717) is 12.1 Å². The van der Waals surface area contributed by atoms with Gasteiger partial charge in [0.15, 0.2) is 0 Å². The van der Waals surface area contributed by atoms with Crippen molar-refractivity contribution in [2.75, 3.05) is 7.05 Å². The summed E-state index contributed by atoms with van der Waals surface area (Å²) in [7, 11) is 1.86. The second-order valence-corrected chi connectivity index (χ2v) is 3.98. The van der Waals surface area contributed by atoms with Crippen LogP contribution in [-0.4, -0.2) is 22.7 Å². The van der Waals surface area contributed by atoms with Crippen LogP contribution >= 0.6 is 0 Å². The topological polar surface area (TPSA) is 54.3 Å². The van der Waals surface area contributed by atoms with E-state index < -0.39 is 5.97 Å². The Balaban J connectivity index is 2.76. The lowest BCUT2D eigenvalue weighted by molar-refractivity contribution is 0.0699. The number of benzene rings is 1. The van der Waals surface area contributed by atoms with Crippen molar-refractivity contribution in [2.24, 2.45) is 0 Å². The summed E-state index contributed by atoms with van der Waals surface area (Å²) in [5, 5.41) is 13.1. The number of rotatable bonds is 4. The number of fused-ring (bicyclic) bond motifs is 1. The number of nitrogens with one attached hydrogen (secondary N) is 1. The number of hydrogen-bond acceptors (Lipinski definition) is 2. The number of aryl methyl sites for hydroxylation is 1. The van der Waals surface area contributed by atoms with E-state index in [1.807, 2.05) is 19.3 Å². The summed E-state index contributed by atoms with van der Waals surface area (Å²) in [4.78, 5) is 11.2. The van der Waals surface area contributed by atoms with Crippen molar-refractivity contribution in [2.45, 2.75) is 20.0 Å². The van der Waals surface area contributed by atoms with Gasteiger partial charge in [-0.3, -0.25) is 0 Å². The van der Waals surface area contributed by atoms with Crippen molar-refractivity contribution in [1.82, 2.24) is 9.88 Å². The van der Waals surface area contributed by atoms with E-state index >= 15 is 0 Å². The highest BCUT2D eigenvalue weighted by Gasteiger charge is 2.15. The first-order chi connectivity index (χ1) is 8.19. The Morgan fingerprint density at radius 1 is 1.47 bits per heavy atom. The summed E-state index contributed by atoms with van der Waals surface area (Å²) < 4.78 is 2.08. The Bertz CT molecular complexity index is 558. The number of nitrogens with zero attached hydrogens (tertiary/aromatic N) is 1. The van der Waals surface area contributed by atoms with Gasteiger partial charge in [-0.2, -0.15) is 0 Å². The van der Waals surface area contributed by atoms with Crippen LogP contribution in [0.3, 0.4) is 0 Å². The predicted octanol–water partition coefficient (Wildman–Crippen LogP) is 2.08.